The van der Waals surface area contributed by atoms with Crippen LogP contribution in [-0.2, 0) is 36.9 Å². The zero-order chi connectivity index (χ0) is 79.4. The van der Waals surface area contributed by atoms with Gasteiger partial charge in [-0.25, -0.2) is 59.1 Å². The number of aromatic nitrogens is 6. The van der Waals surface area contributed by atoms with Gasteiger partial charge in [0.2, 0.25) is 0 Å². The number of nitrogens with one attached hydrogen (secondary N) is 3. The highest BCUT2D eigenvalue weighted by atomic mass is 35.5. The first-order chi connectivity index (χ1) is 53.5. The van der Waals surface area contributed by atoms with E-state index in [-0.39, 0.29) is 81.0 Å². The lowest BCUT2D eigenvalue weighted by atomic mass is 10.00. The van der Waals surface area contributed by atoms with Crippen molar-refractivity contribution in [3.63, 3.8) is 0 Å². The molecule has 6 aliphatic heterocycles. The largest absolute Gasteiger partial charge is 0.395 e. The van der Waals surface area contributed by atoms with Crippen LogP contribution in [0.5, 0.6) is 0 Å². The normalized spacial score (nSPS) is 19.7. The van der Waals surface area contributed by atoms with E-state index in [1.165, 1.54) is 45.8 Å². The van der Waals surface area contributed by atoms with Gasteiger partial charge < -0.3 is 10.0 Å². The number of hydrogen-bond donors (Lipinski definition) is 4. The van der Waals surface area contributed by atoms with Crippen molar-refractivity contribution in [3.8, 4) is 17.1 Å². The highest BCUT2D eigenvalue weighted by molar-refractivity contribution is 7.99. The molecule has 9 aromatic rings. The number of thioether (sulfide) groups is 1. The number of amides is 3. The van der Waals surface area contributed by atoms with Crippen LogP contribution < -0.4 is 16.3 Å². The lowest BCUT2D eigenvalue weighted by molar-refractivity contribution is 0.0365. The van der Waals surface area contributed by atoms with Gasteiger partial charge in [-0.1, -0.05) is 112 Å². The molecular formula is C78H77Cl6F3N14O8S3. The van der Waals surface area contributed by atoms with Crippen molar-refractivity contribution in [1.29, 1.82) is 0 Å². The van der Waals surface area contributed by atoms with Crippen molar-refractivity contribution in [2.75, 3.05) is 89.8 Å². The van der Waals surface area contributed by atoms with Gasteiger partial charge in [-0.3, -0.25) is 35.6 Å². The Balaban J connectivity index is 0.000000147. The van der Waals surface area contributed by atoms with Gasteiger partial charge in [0.15, 0.2) is 36.8 Å². The molecule has 0 bridgehead atoms. The molecule has 6 aliphatic rings. The summed E-state index contributed by atoms with van der Waals surface area (Å²) in [7, 11) is -5.23. The molecule has 3 amide bonds. The maximum atomic E-state index is 13.6. The van der Waals surface area contributed by atoms with Gasteiger partial charge in [0.1, 0.15) is 17.5 Å². The lowest BCUT2D eigenvalue weighted by Crippen LogP contribution is -2.54. The second kappa shape index (κ2) is 35.5. The quantitative estimate of drug-likeness (QED) is 0.0790. The van der Waals surface area contributed by atoms with E-state index in [2.05, 4.69) is 55.1 Å². The number of aliphatic hydroxyl groups excluding tert-OH is 1. The molecule has 0 saturated carbocycles. The van der Waals surface area contributed by atoms with Crippen LogP contribution in [0.2, 0.25) is 30.1 Å². The molecule has 3 fully saturated rings. The Morgan fingerprint density at radius 2 is 0.839 bits per heavy atom. The summed E-state index contributed by atoms with van der Waals surface area (Å²) < 4.78 is 97.3. The number of carbonyl (C=O) groups excluding carboxylic acids is 3. The molecule has 22 nitrogen and oxygen atoms in total. The average molecular weight is 1700 g/mol. The summed E-state index contributed by atoms with van der Waals surface area (Å²) in [6.07, 6.45) is 8.57. The molecule has 9 heterocycles. The maximum absolute atomic E-state index is 13.6. The van der Waals surface area contributed by atoms with Crippen LogP contribution >= 0.6 is 81.4 Å². The molecule has 0 aliphatic carbocycles. The first-order valence-corrected chi connectivity index (χ1v) is 42.9. The van der Waals surface area contributed by atoms with Crippen molar-refractivity contribution in [3.05, 3.63) is 243 Å². The van der Waals surface area contributed by atoms with Gasteiger partial charge in [-0.05, 0) is 176 Å². The van der Waals surface area contributed by atoms with E-state index >= 15 is 0 Å². The van der Waals surface area contributed by atoms with Crippen LogP contribution in [-0.4, -0.2) is 196 Å². The Hall–Kier alpha value is -7.88. The Labute approximate surface area is 680 Å². The number of halogens is 9. The van der Waals surface area contributed by atoms with Crippen LogP contribution in [0, 0.1) is 17.5 Å². The van der Waals surface area contributed by atoms with E-state index in [0.717, 1.165) is 60.5 Å². The van der Waals surface area contributed by atoms with Crippen LogP contribution in [0.3, 0.4) is 0 Å². The van der Waals surface area contributed by atoms with E-state index in [1.54, 1.807) is 124 Å². The maximum Gasteiger partial charge on any atom is 0.286 e. The van der Waals surface area contributed by atoms with Crippen molar-refractivity contribution in [1.82, 2.24) is 70.4 Å². The zero-order valence-electron chi connectivity index (χ0n) is 60.8. The molecule has 3 saturated heterocycles. The molecule has 0 radical (unpaired) electrons. The summed E-state index contributed by atoms with van der Waals surface area (Å²) in [6, 6.07) is 33.2. The molecule has 2 atom stereocenters. The Kier molecular flexibility index (Phi) is 26.0. The van der Waals surface area contributed by atoms with Gasteiger partial charge >= 0.3 is 0 Å². The first-order valence-electron chi connectivity index (χ1n) is 35.9. The number of carbonyl (C=O) groups is 3. The van der Waals surface area contributed by atoms with E-state index in [0.29, 0.717) is 133 Å². The summed E-state index contributed by atoms with van der Waals surface area (Å²) in [5.41, 5.74) is 17.8. The summed E-state index contributed by atoms with van der Waals surface area (Å²) in [4.78, 5) is 44.8. The molecule has 3 aromatic heterocycles. The van der Waals surface area contributed by atoms with Gasteiger partial charge in [-0.15, -0.1) is 0 Å². The van der Waals surface area contributed by atoms with Crippen LogP contribution in [0.15, 0.2) is 127 Å². The number of fused-ring (bicyclic) bond motifs is 3. The van der Waals surface area contributed by atoms with Gasteiger partial charge in [0.05, 0.1) is 78.8 Å². The number of aliphatic hydroxyl groups is 1. The third-order valence-electron chi connectivity index (χ3n) is 19.8. The predicted octanol–water partition coefficient (Wildman–Crippen LogP) is 13.7. The number of nitrogens with zero attached hydrogens (tertiary/aromatic N) is 11. The number of hydrogen-bond acceptors (Lipinski definition) is 17. The SMILES string of the molecule is CC1CCCC(C)N1NC(=O)c1nn(-c2ccc(Cl)cc2Cl)c2c1CSC/C2=C\c1ccc(F)cc1.CN1CCN(NC(=O)c2nn(-c3ccc(Cl)cc3Cl)c3c2CS(=O)(=O)C/C3=C\c2ccc(F)cc2)CC1.O=C(NN1CCN(CCO)CC1)c1nn(-c2ccc(Cl)cc2Cl)c2c1CS(=O)(=O)C/C2=C\c1ccc(F)cc1. The van der Waals surface area contributed by atoms with E-state index in [9.17, 15) is 44.4 Å². The van der Waals surface area contributed by atoms with Crippen LogP contribution in [0.25, 0.3) is 52.0 Å². The summed E-state index contributed by atoms with van der Waals surface area (Å²) in [5.74, 6) is -2.27. The van der Waals surface area contributed by atoms with E-state index < -0.39 is 43.1 Å². The smallest absolute Gasteiger partial charge is 0.286 e. The second-order valence-corrected chi connectivity index (χ2v) is 35.6. The van der Waals surface area contributed by atoms with Crippen LogP contribution in [0.1, 0.15) is 115 Å². The fourth-order valence-electron chi connectivity index (χ4n) is 14.2. The molecule has 15 rings (SSSR count). The predicted molar refractivity (Wildman–Crippen MR) is 436 cm³/mol. The third kappa shape index (κ3) is 19.4. The van der Waals surface area contributed by atoms with Crippen LogP contribution in [0.4, 0.5) is 13.2 Å². The fraction of sp³-hybridized carbons (Fsp3) is 0.308. The van der Waals surface area contributed by atoms with Crippen molar-refractivity contribution >= 4 is 154 Å². The highest BCUT2D eigenvalue weighted by Gasteiger charge is 2.39. The molecule has 4 N–H and O–H groups in total. The minimum atomic E-state index is -3.64. The number of piperazine rings is 2. The van der Waals surface area contributed by atoms with E-state index in [4.69, 9.17) is 79.8 Å². The van der Waals surface area contributed by atoms with Crippen molar-refractivity contribution in [2.45, 2.75) is 62.5 Å². The number of sulfone groups is 2. The molecule has 6 aromatic carbocycles. The summed E-state index contributed by atoms with van der Waals surface area (Å²) in [6.45, 7) is 10.1. The topological polar surface area (TPSA) is 245 Å². The number of rotatable bonds is 14. The first kappa shape index (κ1) is 82.1. The Morgan fingerprint density at radius 3 is 1.22 bits per heavy atom. The molecule has 2 unspecified atom stereocenters. The lowest BCUT2D eigenvalue weighted by Gasteiger charge is -2.38. The molecule has 588 valence electrons. The summed E-state index contributed by atoms with van der Waals surface area (Å²) in [5, 5.41) is 31.1. The molecule has 0 spiro atoms. The molecule has 34 heteroatoms. The summed E-state index contributed by atoms with van der Waals surface area (Å²) >= 11 is 39.7. The highest BCUT2D eigenvalue weighted by Crippen LogP contribution is 2.42. The Morgan fingerprint density at radius 1 is 0.482 bits per heavy atom. The van der Waals surface area contributed by atoms with Gasteiger partial charge in [0.25, 0.3) is 17.7 Å². The monoisotopic (exact) mass is 1700 g/mol. The second-order valence-electron chi connectivity index (χ2n) is 28.0. The number of β-amino-alcohol motifs (C(OH)–C–C–N with tert-alkyl or cyclic N) is 1. The standard InChI is InChI=1S/C27H27Cl2FN4OS.C26H26Cl2FN5O4S.C25H24Cl2FN5O3S/c1-16-4-3-5-17(2)33(16)32-27(35)25-22-15-36-14-19(12-18-6-9-21(30)10-7-18)26(22)34(31-25)24-11-8-20(28)13-23(24)29;27-19-3-6-23(22(28)14-19)34-25-18(13-17-1-4-20(29)5-2-17)15-39(37,38)16-21(25)24(30-34)26(36)31-33-9-7-32(8-10-33)11-12-35;1-31-8-10-32(11-9-31)30-25(34)23-20-15-37(35,36)14-17(12-16-2-5-19(28)6-3-16)24(20)33(29-23)22-7-4-18(26)13-21(22)27/h6-13,16-17H,3-5,14-15H2,1-2H3,(H,32,35);1-6,13-14,35H,7-12,15-16H2,(H,31,36);2-7,12-13H,8-11,14-15H2,1H3,(H,30,34)/b19-12+;18-13+;17-12+. The van der Waals surface area contributed by atoms with Gasteiger partial charge in [-0.2, -0.15) is 27.1 Å². The van der Waals surface area contributed by atoms with Crippen molar-refractivity contribution in [2.24, 2.45) is 0 Å². The minimum Gasteiger partial charge on any atom is -0.395 e. The number of likely N-dealkylation sites (N-methyl/N-ethyl adjacent to an activating group) is 1. The minimum absolute atomic E-state index is 0.00762. The number of hydrazine groups is 3. The number of piperidine rings is 1. The average Bonchev–Trinajstić information content (AvgIpc) is 1.59. The molecular weight excluding hydrogens is 1630 g/mol. The zero-order valence-corrected chi connectivity index (χ0v) is 67.8. The third-order valence-corrected chi connectivity index (χ3v) is 25.4. The Bertz CT molecular complexity index is 5390. The van der Waals surface area contributed by atoms with Crippen molar-refractivity contribution < 1.29 is 49.5 Å². The number of benzene rings is 6. The van der Waals surface area contributed by atoms with Gasteiger partial charge in [0, 0.05) is 114 Å². The molecule has 112 heavy (non-hydrogen) atoms. The van der Waals surface area contributed by atoms with E-state index in [1.807, 2.05) is 19.2 Å². The fourth-order valence-corrected chi connectivity index (χ4v) is 19.7.